The molecule has 260 valence electrons. The molecule has 1 aromatic heterocycles. The Morgan fingerprint density at radius 3 is 1.67 bits per heavy atom. The van der Waals surface area contributed by atoms with Crippen LogP contribution in [0.3, 0.4) is 0 Å². The highest BCUT2D eigenvalue weighted by Gasteiger charge is 2.25. The average Bonchev–Trinajstić information content (AvgIpc) is 3.27. The monoisotopic (exact) mass is 705 g/mol. The molecule has 2 heterocycles. The van der Waals surface area contributed by atoms with Crippen LogP contribution in [-0.4, -0.2) is 16.7 Å². The number of pyridine rings is 1. The molecule has 8 aromatic carbocycles. The van der Waals surface area contributed by atoms with Crippen LogP contribution < -0.4 is 10.2 Å². The van der Waals surface area contributed by atoms with Crippen LogP contribution in [0.1, 0.15) is 22.9 Å². The van der Waals surface area contributed by atoms with E-state index in [0.29, 0.717) is 5.84 Å². The van der Waals surface area contributed by atoms with Crippen molar-refractivity contribution in [2.24, 2.45) is 9.98 Å². The molecule has 0 spiro atoms. The molecule has 0 radical (unpaired) electrons. The second-order valence-corrected chi connectivity index (χ2v) is 13.7. The van der Waals surface area contributed by atoms with Gasteiger partial charge in [0.15, 0.2) is 5.84 Å². The summed E-state index contributed by atoms with van der Waals surface area (Å²) < 4.78 is 0. The lowest BCUT2D eigenvalue weighted by atomic mass is 9.91. The first-order valence-corrected chi connectivity index (χ1v) is 18.6. The fourth-order valence-electron chi connectivity index (χ4n) is 7.72. The minimum absolute atomic E-state index is 0.314. The summed E-state index contributed by atoms with van der Waals surface area (Å²) in [5.74, 6) is 1.46. The molecular formula is C50H35N5. The van der Waals surface area contributed by atoms with Gasteiger partial charge in [-0.1, -0.05) is 152 Å². The van der Waals surface area contributed by atoms with Gasteiger partial charge < -0.3 is 10.2 Å². The van der Waals surface area contributed by atoms with Gasteiger partial charge in [0.2, 0.25) is 0 Å². The number of amidine groups is 2. The van der Waals surface area contributed by atoms with Gasteiger partial charge in [0.1, 0.15) is 12.0 Å². The van der Waals surface area contributed by atoms with Gasteiger partial charge in [-0.3, -0.25) is 0 Å². The highest BCUT2D eigenvalue weighted by atomic mass is 15.2. The Hall–Kier alpha value is -7.37. The quantitative estimate of drug-likeness (QED) is 0.168. The number of rotatable bonds is 7. The van der Waals surface area contributed by atoms with Crippen LogP contribution in [0.25, 0.3) is 43.7 Å². The Kier molecular flexibility index (Phi) is 8.15. The number of aliphatic imine (C=N–C) groups is 2. The van der Waals surface area contributed by atoms with Crippen LogP contribution in [0.5, 0.6) is 0 Å². The molecular weight excluding hydrogens is 671 g/mol. The summed E-state index contributed by atoms with van der Waals surface area (Å²) in [5.41, 5.74) is 9.19. The lowest BCUT2D eigenvalue weighted by molar-refractivity contribution is 0.674. The Morgan fingerprint density at radius 2 is 1.02 bits per heavy atom. The van der Waals surface area contributed by atoms with E-state index in [1.807, 2.05) is 24.3 Å². The van der Waals surface area contributed by atoms with E-state index in [1.54, 1.807) is 0 Å². The van der Waals surface area contributed by atoms with Crippen LogP contribution in [0.15, 0.2) is 210 Å². The first kappa shape index (κ1) is 32.3. The smallest absolute Gasteiger partial charge is 0.159 e. The minimum atomic E-state index is -0.314. The molecule has 10 rings (SSSR count). The number of para-hydroxylation sites is 2. The standard InChI is InChI=1S/C50H35N5/c1-6-18-34(19-7-1)47-44-33-42(50-53-48(35-20-8-2-9-21-35)52-49(54-50)36-22-10-3-11-23-36)40-28-16-17-29-41(40)46(44)43-32-39(30-31-45(43)51-47)55(37-24-12-4-13-25-37)38-26-14-5-15-27-38/h1-33,48H,(H,52,53,54). The maximum Gasteiger partial charge on any atom is 0.159 e. The van der Waals surface area contributed by atoms with E-state index >= 15 is 0 Å². The van der Waals surface area contributed by atoms with Gasteiger partial charge in [-0.05, 0) is 64.9 Å². The number of hydrogen-bond donors (Lipinski definition) is 1. The van der Waals surface area contributed by atoms with Gasteiger partial charge in [0.05, 0.1) is 11.2 Å². The second-order valence-electron chi connectivity index (χ2n) is 13.7. The number of hydrogen-bond acceptors (Lipinski definition) is 5. The molecule has 1 aliphatic heterocycles. The summed E-state index contributed by atoms with van der Waals surface area (Å²) >= 11 is 0. The van der Waals surface area contributed by atoms with E-state index in [4.69, 9.17) is 15.0 Å². The third-order valence-electron chi connectivity index (χ3n) is 10.3. The van der Waals surface area contributed by atoms with E-state index < -0.39 is 0 Å². The largest absolute Gasteiger partial charge is 0.344 e. The van der Waals surface area contributed by atoms with Gasteiger partial charge in [-0.2, -0.15) is 0 Å². The zero-order valence-electron chi connectivity index (χ0n) is 29.9. The van der Waals surface area contributed by atoms with Crippen LogP contribution >= 0.6 is 0 Å². The van der Waals surface area contributed by atoms with Crippen molar-refractivity contribution in [3.8, 4) is 11.3 Å². The number of benzene rings is 8. The maximum absolute atomic E-state index is 5.44. The summed E-state index contributed by atoms with van der Waals surface area (Å²) in [6.07, 6.45) is -0.314. The molecule has 1 N–H and O–H groups in total. The lowest BCUT2D eigenvalue weighted by Gasteiger charge is -2.26. The van der Waals surface area contributed by atoms with Crippen molar-refractivity contribution in [1.29, 1.82) is 0 Å². The summed E-state index contributed by atoms with van der Waals surface area (Å²) in [6.45, 7) is 0. The predicted molar refractivity (Wildman–Crippen MR) is 229 cm³/mol. The third-order valence-corrected chi connectivity index (χ3v) is 10.3. The molecule has 0 bridgehead atoms. The van der Waals surface area contributed by atoms with E-state index in [0.717, 1.165) is 83.3 Å². The molecule has 9 aromatic rings. The van der Waals surface area contributed by atoms with Crippen molar-refractivity contribution in [3.63, 3.8) is 0 Å². The average molecular weight is 706 g/mol. The molecule has 0 aliphatic carbocycles. The number of fused-ring (bicyclic) bond motifs is 5. The number of anilines is 3. The predicted octanol–water partition coefficient (Wildman–Crippen LogP) is 12.2. The Labute approximate surface area is 319 Å². The van der Waals surface area contributed by atoms with Crippen molar-refractivity contribution in [3.05, 3.63) is 217 Å². The highest BCUT2D eigenvalue weighted by Crippen LogP contribution is 2.42. The summed E-state index contributed by atoms with van der Waals surface area (Å²) in [7, 11) is 0. The number of nitrogens with one attached hydrogen (secondary N) is 1. The normalized spacial score (nSPS) is 14.0. The van der Waals surface area contributed by atoms with E-state index in [-0.39, 0.29) is 6.17 Å². The summed E-state index contributed by atoms with van der Waals surface area (Å²) in [6, 6.07) is 69.8. The van der Waals surface area contributed by atoms with Crippen molar-refractivity contribution in [2.75, 3.05) is 4.90 Å². The van der Waals surface area contributed by atoms with Gasteiger partial charge in [-0.25, -0.2) is 15.0 Å². The maximum atomic E-state index is 5.44. The van der Waals surface area contributed by atoms with Gasteiger partial charge in [-0.15, -0.1) is 0 Å². The first-order valence-electron chi connectivity index (χ1n) is 18.6. The van der Waals surface area contributed by atoms with Gasteiger partial charge in [0.25, 0.3) is 0 Å². The number of nitrogens with zero attached hydrogens (tertiary/aromatic N) is 4. The Bertz CT molecular complexity index is 2830. The fourth-order valence-corrected chi connectivity index (χ4v) is 7.72. The van der Waals surface area contributed by atoms with Crippen molar-refractivity contribution >= 4 is 61.2 Å². The van der Waals surface area contributed by atoms with Crippen molar-refractivity contribution in [2.45, 2.75) is 6.17 Å². The molecule has 1 unspecified atom stereocenters. The highest BCUT2D eigenvalue weighted by molar-refractivity contribution is 6.28. The molecule has 5 nitrogen and oxygen atoms in total. The second kappa shape index (κ2) is 13.9. The SMILES string of the molecule is c1ccc(C2=NC(c3ccccc3)NC(c3cc4c(-c5ccccc5)nc5ccc(N(c6ccccc6)c6ccccc6)cc5c4c4ccccc34)=N2)cc1. The zero-order valence-corrected chi connectivity index (χ0v) is 29.9. The lowest BCUT2D eigenvalue weighted by Crippen LogP contribution is -2.33. The van der Waals surface area contributed by atoms with Crippen LogP contribution in [-0.2, 0) is 0 Å². The number of aromatic nitrogens is 1. The first-order chi connectivity index (χ1) is 27.3. The minimum Gasteiger partial charge on any atom is -0.344 e. The molecule has 1 atom stereocenters. The molecule has 0 fully saturated rings. The zero-order chi connectivity index (χ0) is 36.6. The van der Waals surface area contributed by atoms with Crippen LogP contribution in [0.2, 0.25) is 0 Å². The Morgan fingerprint density at radius 1 is 0.455 bits per heavy atom. The molecule has 0 saturated heterocycles. The third kappa shape index (κ3) is 5.98. The van der Waals surface area contributed by atoms with Crippen LogP contribution in [0.4, 0.5) is 17.1 Å². The Balaban J connectivity index is 1.25. The molecule has 55 heavy (non-hydrogen) atoms. The van der Waals surface area contributed by atoms with E-state index in [9.17, 15) is 0 Å². The fraction of sp³-hybridized carbons (Fsp3) is 0.0200. The summed E-state index contributed by atoms with van der Waals surface area (Å²) in [5, 5.41) is 9.26. The summed E-state index contributed by atoms with van der Waals surface area (Å²) in [4.78, 5) is 18.1. The molecule has 5 heteroatoms. The van der Waals surface area contributed by atoms with Crippen molar-refractivity contribution < 1.29 is 0 Å². The molecule has 1 aliphatic rings. The van der Waals surface area contributed by atoms with E-state index in [2.05, 4.69) is 186 Å². The molecule has 0 saturated carbocycles. The van der Waals surface area contributed by atoms with Crippen molar-refractivity contribution in [1.82, 2.24) is 10.3 Å². The van der Waals surface area contributed by atoms with Gasteiger partial charge in [0, 0.05) is 49.9 Å². The van der Waals surface area contributed by atoms with E-state index in [1.165, 1.54) is 0 Å². The van der Waals surface area contributed by atoms with Gasteiger partial charge >= 0.3 is 0 Å². The topological polar surface area (TPSA) is 52.9 Å². The van der Waals surface area contributed by atoms with Crippen LogP contribution in [0, 0.1) is 0 Å². The molecule has 0 amide bonds.